The summed E-state index contributed by atoms with van der Waals surface area (Å²) in [4.78, 5) is 26.8. The van der Waals surface area contributed by atoms with Crippen LogP contribution in [0, 0.1) is 5.82 Å². The molecule has 1 aliphatic heterocycles. The summed E-state index contributed by atoms with van der Waals surface area (Å²) in [6.45, 7) is 2.06. The zero-order valence-corrected chi connectivity index (χ0v) is 17.3. The Kier molecular flexibility index (Phi) is 5.86. The fourth-order valence-electron chi connectivity index (χ4n) is 3.47. The minimum atomic E-state index is -0.448. The highest BCUT2D eigenvalue weighted by molar-refractivity contribution is 8.00. The SMILES string of the molecule is CCc1ccc(C(=O)Nc2ccccc2[C@H]2SCC(=O)N2c2ccccc2F)cc1. The lowest BCUT2D eigenvalue weighted by atomic mass is 10.1. The van der Waals surface area contributed by atoms with E-state index in [9.17, 15) is 14.0 Å². The van der Waals surface area contributed by atoms with E-state index in [4.69, 9.17) is 0 Å². The van der Waals surface area contributed by atoms with Crippen LogP contribution in [-0.4, -0.2) is 17.6 Å². The van der Waals surface area contributed by atoms with Crippen LogP contribution in [-0.2, 0) is 11.2 Å². The predicted octanol–water partition coefficient (Wildman–Crippen LogP) is 5.42. The summed E-state index contributed by atoms with van der Waals surface area (Å²) >= 11 is 1.42. The highest BCUT2D eigenvalue weighted by atomic mass is 32.2. The van der Waals surface area contributed by atoms with Crippen LogP contribution in [0.15, 0.2) is 72.8 Å². The summed E-state index contributed by atoms with van der Waals surface area (Å²) in [5, 5.41) is 2.54. The molecule has 1 heterocycles. The zero-order valence-electron chi connectivity index (χ0n) is 16.5. The number of nitrogens with one attached hydrogen (secondary N) is 1. The third-order valence-corrected chi connectivity index (χ3v) is 6.27. The smallest absolute Gasteiger partial charge is 0.255 e. The Bertz CT molecular complexity index is 1080. The number of nitrogens with zero attached hydrogens (tertiary/aromatic N) is 1. The summed E-state index contributed by atoms with van der Waals surface area (Å²) in [5.74, 6) is -0.584. The molecule has 0 radical (unpaired) electrons. The number of para-hydroxylation sites is 2. The number of rotatable bonds is 5. The average molecular weight is 421 g/mol. The number of benzene rings is 3. The van der Waals surface area contributed by atoms with Gasteiger partial charge in [0.25, 0.3) is 5.91 Å². The van der Waals surface area contributed by atoms with Crippen molar-refractivity contribution in [3.63, 3.8) is 0 Å². The van der Waals surface area contributed by atoms with Gasteiger partial charge >= 0.3 is 0 Å². The molecule has 4 nitrogen and oxygen atoms in total. The quantitative estimate of drug-likeness (QED) is 0.600. The normalized spacial score (nSPS) is 16.0. The van der Waals surface area contributed by atoms with Gasteiger partial charge in [0.2, 0.25) is 5.91 Å². The molecule has 0 bridgehead atoms. The lowest BCUT2D eigenvalue weighted by Crippen LogP contribution is -2.29. The summed E-state index contributed by atoms with van der Waals surface area (Å²) < 4.78 is 14.4. The standard InChI is InChI=1S/C24H21FN2O2S/c1-2-16-11-13-17(14-12-16)23(29)26-20-9-5-3-7-18(20)24-27(22(28)15-30-24)21-10-6-4-8-19(21)25/h3-14,24H,2,15H2,1H3,(H,26,29)/t24-/m1/s1. The Labute approximate surface area is 179 Å². The number of amides is 2. The molecule has 0 unspecified atom stereocenters. The number of anilines is 2. The monoisotopic (exact) mass is 420 g/mol. The summed E-state index contributed by atoms with van der Waals surface area (Å²) in [5.41, 5.74) is 3.33. The van der Waals surface area contributed by atoms with Crippen molar-refractivity contribution in [2.45, 2.75) is 18.7 Å². The highest BCUT2D eigenvalue weighted by Crippen LogP contribution is 2.44. The van der Waals surface area contributed by atoms with Gasteiger partial charge in [0.1, 0.15) is 11.2 Å². The molecule has 0 aromatic heterocycles. The second-order valence-corrected chi connectivity index (χ2v) is 8.04. The molecule has 0 spiro atoms. The van der Waals surface area contributed by atoms with E-state index < -0.39 is 11.2 Å². The summed E-state index contributed by atoms with van der Waals surface area (Å²) in [7, 11) is 0. The Morgan fingerprint density at radius 2 is 1.77 bits per heavy atom. The van der Waals surface area contributed by atoms with Gasteiger partial charge in [0, 0.05) is 16.8 Å². The topological polar surface area (TPSA) is 49.4 Å². The number of hydrogen-bond donors (Lipinski definition) is 1. The summed E-state index contributed by atoms with van der Waals surface area (Å²) in [6, 6.07) is 21.1. The second kappa shape index (κ2) is 8.71. The molecule has 6 heteroatoms. The van der Waals surface area contributed by atoms with Crippen molar-refractivity contribution >= 4 is 35.0 Å². The minimum Gasteiger partial charge on any atom is -0.322 e. The maximum absolute atomic E-state index is 14.4. The van der Waals surface area contributed by atoms with Crippen LogP contribution in [0.4, 0.5) is 15.8 Å². The highest BCUT2D eigenvalue weighted by Gasteiger charge is 2.36. The lowest BCUT2D eigenvalue weighted by molar-refractivity contribution is -0.115. The average Bonchev–Trinajstić information content (AvgIpc) is 3.15. The van der Waals surface area contributed by atoms with Crippen molar-refractivity contribution in [1.82, 2.24) is 0 Å². The first kappa shape index (κ1) is 20.2. The number of halogens is 1. The van der Waals surface area contributed by atoms with Crippen LogP contribution < -0.4 is 10.2 Å². The van der Waals surface area contributed by atoms with Crippen LogP contribution in [0.2, 0.25) is 0 Å². The Morgan fingerprint density at radius 3 is 2.50 bits per heavy atom. The number of aryl methyl sites for hydroxylation is 1. The van der Waals surface area contributed by atoms with E-state index in [1.165, 1.54) is 22.7 Å². The third-order valence-electron chi connectivity index (χ3n) is 5.08. The van der Waals surface area contributed by atoms with Gasteiger partial charge in [-0.15, -0.1) is 11.8 Å². The molecule has 3 aromatic rings. The molecule has 4 rings (SSSR count). The van der Waals surface area contributed by atoms with Gasteiger partial charge in [-0.2, -0.15) is 0 Å². The molecule has 1 fully saturated rings. The van der Waals surface area contributed by atoms with Crippen molar-refractivity contribution in [3.05, 3.63) is 95.3 Å². The first-order valence-electron chi connectivity index (χ1n) is 9.76. The number of thioether (sulfide) groups is 1. The Morgan fingerprint density at radius 1 is 1.07 bits per heavy atom. The van der Waals surface area contributed by atoms with Gasteiger partial charge in [-0.1, -0.05) is 49.4 Å². The van der Waals surface area contributed by atoms with Gasteiger partial charge in [-0.05, 0) is 42.3 Å². The number of carbonyl (C=O) groups is 2. The predicted molar refractivity (Wildman–Crippen MR) is 119 cm³/mol. The van der Waals surface area contributed by atoms with Gasteiger partial charge in [-0.25, -0.2) is 4.39 Å². The van der Waals surface area contributed by atoms with Crippen molar-refractivity contribution < 1.29 is 14.0 Å². The molecule has 0 saturated carbocycles. The van der Waals surface area contributed by atoms with Crippen molar-refractivity contribution in [2.75, 3.05) is 16.0 Å². The van der Waals surface area contributed by atoms with Gasteiger partial charge in [0.15, 0.2) is 0 Å². The maximum Gasteiger partial charge on any atom is 0.255 e. The molecular formula is C24H21FN2O2S. The van der Waals surface area contributed by atoms with Gasteiger partial charge in [-0.3, -0.25) is 14.5 Å². The van der Waals surface area contributed by atoms with E-state index in [2.05, 4.69) is 12.2 Å². The molecular weight excluding hydrogens is 399 g/mol. The molecule has 152 valence electrons. The van der Waals surface area contributed by atoms with E-state index in [-0.39, 0.29) is 23.3 Å². The molecule has 1 aliphatic rings. The van der Waals surface area contributed by atoms with E-state index in [0.717, 1.165) is 17.5 Å². The molecule has 3 aromatic carbocycles. The fraction of sp³-hybridized carbons (Fsp3) is 0.167. The van der Waals surface area contributed by atoms with Crippen LogP contribution in [0.3, 0.4) is 0 Å². The third kappa shape index (κ3) is 3.96. The van der Waals surface area contributed by atoms with Crippen LogP contribution in [0.1, 0.15) is 33.8 Å². The van der Waals surface area contributed by atoms with E-state index in [1.807, 2.05) is 30.3 Å². The zero-order chi connectivity index (χ0) is 21.1. The van der Waals surface area contributed by atoms with Crippen molar-refractivity contribution in [3.8, 4) is 0 Å². The fourth-order valence-corrected chi connectivity index (χ4v) is 4.68. The largest absolute Gasteiger partial charge is 0.322 e. The Hall–Kier alpha value is -3.12. The number of carbonyl (C=O) groups excluding carboxylic acids is 2. The van der Waals surface area contributed by atoms with Crippen LogP contribution in [0.25, 0.3) is 0 Å². The van der Waals surface area contributed by atoms with Gasteiger partial charge in [0.05, 0.1) is 11.4 Å². The van der Waals surface area contributed by atoms with Crippen molar-refractivity contribution in [1.29, 1.82) is 0 Å². The van der Waals surface area contributed by atoms with E-state index in [1.54, 1.807) is 36.4 Å². The van der Waals surface area contributed by atoms with Crippen LogP contribution in [0.5, 0.6) is 0 Å². The molecule has 1 atom stereocenters. The molecule has 1 saturated heterocycles. The minimum absolute atomic E-state index is 0.161. The van der Waals surface area contributed by atoms with E-state index >= 15 is 0 Å². The first-order chi connectivity index (χ1) is 14.6. The molecule has 0 aliphatic carbocycles. The first-order valence-corrected chi connectivity index (χ1v) is 10.8. The van der Waals surface area contributed by atoms with E-state index in [0.29, 0.717) is 11.3 Å². The summed E-state index contributed by atoms with van der Waals surface area (Å²) in [6.07, 6.45) is 0.906. The van der Waals surface area contributed by atoms with Gasteiger partial charge < -0.3 is 5.32 Å². The Balaban J connectivity index is 1.64. The second-order valence-electron chi connectivity index (χ2n) is 6.97. The molecule has 2 amide bonds. The molecule has 1 N–H and O–H groups in total. The van der Waals surface area contributed by atoms with Crippen LogP contribution >= 0.6 is 11.8 Å². The van der Waals surface area contributed by atoms with Crippen molar-refractivity contribution in [2.24, 2.45) is 0 Å². The number of hydrogen-bond acceptors (Lipinski definition) is 3. The lowest BCUT2D eigenvalue weighted by Gasteiger charge is -2.26. The maximum atomic E-state index is 14.4. The molecule has 30 heavy (non-hydrogen) atoms.